The Kier molecular flexibility index (Phi) is 4.11. The molecule has 0 radical (unpaired) electrons. The Morgan fingerprint density at radius 3 is 2.63 bits per heavy atom. The first-order valence-corrected chi connectivity index (χ1v) is 7.06. The molecule has 2 rings (SSSR count). The van der Waals surface area contributed by atoms with Crippen molar-refractivity contribution in [2.45, 2.75) is 12.6 Å². The van der Waals surface area contributed by atoms with Crippen molar-refractivity contribution in [3.8, 4) is 0 Å². The second-order valence-electron chi connectivity index (χ2n) is 4.37. The van der Waals surface area contributed by atoms with Gasteiger partial charge in [-0.3, -0.25) is 4.79 Å². The molecule has 104 valence electrons. The topological polar surface area (TPSA) is 20.3 Å². The first-order valence-electron chi connectivity index (χ1n) is 5.56. The number of benzene rings is 1. The van der Waals surface area contributed by atoms with E-state index >= 15 is 0 Å². The zero-order chi connectivity index (χ0) is 14.2. The van der Waals surface area contributed by atoms with Gasteiger partial charge in [-0.05, 0) is 18.1 Å². The molecular formula is C12H10BrClF3NO. The lowest BCUT2D eigenvalue weighted by Crippen LogP contribution is -2.25. The van der Waals surface area contributed by atoms with Crippen molar-refractivity contribution in [1.29, 1.82) is 0 Å². The molecule has 1 saturated heterocycles. The van der Waals surface area contributed by atoms with Crippen LogP contribution in [0.15, 0.2) is 18.2 Å². The van der Waals surface area contributed by atoms with Crippen molar-refractivity contribution in [2.75, 3.05) is 16.8 Å². The number of rotatable bonds is 2. The van der Waals surface area contributed by atoms with Crippen molar-refractivity contribution < 1.29 is 18.0 Å². The summed E-state index contributed by atoms with van der Waals surface area (Å²) in [5, 5.41) is 0.213. The van der Waals surface area contributed by atoms with E-state index in [0.717, 1.165) is 6.07 Å². The van der Waals surface area contributed by atoms with Crippen LogP contribution in [-0.2, 0) is 11.0 Å². The number of amides is 1. The van der Waals surface area contributed by atoms with Gasteiger partial charge in [0.15, 0.2) is 0 Å². The molecule has 0 aliphatic carbocycles. The fourth-order valence-electron chi connectivity index (χ4n) is 2.06. The van der Waals surface area contributed by atoms with Gasteiger partial charge in [0.1, 0.15) is 0 Å². The van der Waals surface area contributed by atoms with Gasteiger partial charge in [0.25, 0.3) is 0 Å². The molecule has 0 spiro atoms. The Labute approximate surface area is 121 Å². The van der Waals surface area contributed by atoms with E-state index in [9.17, 15) is 18.0 Å². The predicted octanol–water partition coefficient (Wildman–Crippen LogP) is 4.11. The van der Waals surface area contributed by atoms with Gasteiger partial charge in [0, 0.05) is 18.3 Å². The minimum Gasteiger partial charge on any atom is -0.311 e. The Hall–Kier alpha value is -0.750. The van der Waals surface area contributed by atoms with Gasteiger partial charge in [0.05, 0.1) is 16.3 Å². The molecule has 1 heterocycles. The van der Waals surface area contributed by atoms with Crippen molar-refractivity contribution in [3.05, 3.63) is 28.8 Å². The Bertz CT molecular complexity index is 506. The van der Waals surface area contributed by atoms with Crippen molar-refractivity contribution in [1.82, 2.24) is 0 Å². The Balaban J connectivity index is 2.39. The van der Waals surface area contributed by atoms with Gasteiger partial charge in [0.2, 0.25) is 5.91 Å². The number of hydrogen-bond acceptors (Lipinski definition) is 1. The van der Waals surface area contributed by atoms with Gasteiger partial charge < -0.3 is 4.90 Å². The van der Waals surface area contributed by atoms with Crippen LogP contribution in [0.5, 0.6) is 0 Å². The number of anilines is 1. The number of alkyl halides is 4. The van der Waals surface area contributed by atoms with E-state index < -0.39 is 16.8 Å². The first kappa shape index (κ1) is 14.7. The molecule has 1 fully saturated rings. The molecule has 1 atom stereocenters. The van der Waals surface area contributed by atoms with Crippen LogP contribution in [0, 0.1) is 5.92 Å². The molecule has 7 heteroatoms. The lowest BCUT2D eigenvalue weighted by atomic mass is 10.1. The van der Waals surface area contributed by atoms with Crippen LogP contribution in [-0.4, -0.2) is 17.8 Å². The summed E-state index contributed by atoms with van der Waals surface area (Å²) >= 11 is 9.08. The summed E-state index contributed by atoms with van der Waals surface area (Å²) < 4.78 is 38.3. The largest absolute Gasteiger partial charge is 0.417 e. The van der Waals surface area contributed by atoms with Gasteiger partial charge in [-0.15, -0.1) is 0 Å². The predicted molar refractivity (Wildman–Crippen MR) is 70.7 cm³/mol. The van der Waals surface area contributed by atoms with Crippen LogP contribution in [0.4, 0.5) is 18.9 Å². The van der Waals surface area contributed by atoms with Crippen LogP contribution in [0.1, 0.15) is 12.0 Å². The van der Waals surface area contributed by atoms with Crippen molar-refractivity contribution in [2.24, 2.45) is 5.92 Å². The monoisotopic (exact) mass is 355 g/mol. The van der Waals surface area contributed by atoms with E-state index in [0.29, 0.717) is 18.3 Å². The quantitative estimate of drug-likeness (QED) is 0.730. The van der Waals surface area contributed by atoms with Crippen LogP contribution < -0.4 is 4.90 Å². The molecule has 1 aromatic rings. The molecule has 1 amide bonds. The van der Waals surface area contributed by atoms with Crippen molar-refractivity contribution >= 4 is 39.1 Å². The van der Waals surface area contributed by atoms with Gasteiger partial charge in [-0.2, -0.15) is 13.2 Å². The number of halogens is 5. The molecule has 0 aromatic heterocycles. The maximum absolute atomic E-state index is 12.8. The molecule has 0 N–H and O–H groups in total. The van der Waals surface area contributed by atoms with Crippen LogP contribution >= 0.6 is 27.5 Å². The average molecular weight is 357 g/mol. The lowest BCUT2D eigenvalue weighted by Gasteiger charge is -2.20. The van der Waals surface area contributed by atoms with E-state index in [1.165, 1.54) is 17.0 Å². The number of nitrogens with zero attached hydrogens (tertiary/aromatic N) is 1. The van der Waals surface area contributed by atoms with Crippen LogP contribution in [0.2, 0.25) is 5.02 Å². The fraction of sp³-hybridized carbons (Fsp3) is 0.417. The Morgan fingerprint density at radius 1 is 1.42 bits per heavy atom. The second kappa shape index (κ2) is 5.32. The zero-order valence-electron chi connectivity index (χ0n) is 9.68. The molecule has 1 aromatic carbocycles. The highest BCUT2D eigenvalue weighted by molar-refractivity contribution is 9.09. The average Bonchev–Trinajstić information content (AvgIpc) is 2.69. The summed E-state index contributed by atoms with van der Waals surface area (Å²) in [7, 11) is 0. The summed E-state index contributed by atoms with van der Waals surface area (Å²) in [6, 6.07) is 3.61. The highest BCUT2D eigenvalue weighted by Crippen LogP contribution is 2.40. The number of carbonyl (C=O) groups excluding carboxylic acids is 1. The highest BCUT2D eigenvalue weighted by atomic mass is 79.9. The molecule has 1 unspecified atom stereocenters. The molecule has 1 aliphatic rings. The molecule has 0 saturated carbocycles. The van der Waals surface area contributed by atoms with Crippen molar-refractivity contribution in [3.63, 3.8) is 0 Å². The minimum absolute atomic E-state index is 0.0955. The first-order chi connectivity index (χ1) is 8.84. The molecule has 1 aliphatic heterocycles. The lowest BCUT2D eigenvalue weighted by molar-refractivity contribution is -0.137. The summed E-state index contributed by atoms with van der Waals surface area (Å²) in [6.45, 7) is 0.380. The Morgan fingerprint density at radius 2 is 2.11 bits per heavy atom. The van der Waals surface area contributed by atoms with E-state index in [-0.39, 0.29) is 17.5 Å². The van der Waals surface area contributed by atoms with E-state index in [4.69, 9.17) is 11.6 Å². The maximum Gasteiger partial charge on any atom is 0.417 e. The van der Waals surface area contributed by atoms with E-state index in [1.54, 1.807) is 0 Å². The third-order valence-corrected chi connectivity index (χ3v) is 4.31. The molecule has 2 nitrogen and oxygen atoms in total. The summed E-state index contributed by atoms with van der Waals surface area (Å²) in [5.74, 6) is -0.108. The molecular weight excluding hydrogens is 346 g/mol. The fourth-order valence-corrected chi connectivity index (χ4v) is 2.83. The maximum atomic E-state index is 12.8. The van der Waals surface area contributed by atoms with Crippen LogP contribution in [0.3, 0.4) is 0 Å². The standard InChI is InChI=1S/C12H10BrClF3NO/c13-5-7-4-10(19)18(6-7)9-3-1-2-8(11(9)14)12(15,16)17/h1-3,7H,4-6H2. The molecule has 0 bridgehead atoms. The smallest absolute Gasteiger partial charge is 0.311 e. The third kappa shape index (κ3) is 2.89. The molecule has 19 heavy (non-hydrogen) atoms. The van der Waals surface area contributed by atoms with Gasteiger partial charge in [-0.25, -0.2) is 0 Å². The zero-order valence-corrected chi connectivity index (χ0v) is 12.0. The summed E-state index contributed by atoms with van der Waals surface area (Å²) in [4.78, 5) is 13.1. The van der Waals surface area contributed by atoms with Crippen LogP contribution in [0.25, 0.3) is 0 Å². The normalized spacial score (nSPS) is 20.2. The number of carbonyl (C=O) groups is 1. The van der Waals surface area contributed by atoms with Gasteiger partial charge >= 0.3 is 6.18 Å². The summed E-state index contributed by atoms with van der Waals surface area (Å²) in [5.41, 5.74) is -0.785. The SMILES string of the molecule is O=C1CC(CBr)CN1c1cccc(C(F)(F)F)c1Cl. The van der Waals surface area contributed by atoms with E-state index in [1.807, 2.05) is 0 Å². The second-order valence-corrected chi connectivity index (χ2v) is 5.39. The highest BCUT2D eigenvalue weighted by Gasteiger charge is 2.37. The van der Waals surface area contributed by atoms with Gasteiger partial charge in [-0.1, -0.05) is 33.6 Å². The van der Waals surface area contributed by atoms with E-state index in [2.05, 4.69) is 15.9 Å². The minimum atomic E-state index is -4.52. The summed E-state index contributed by atoms with van der Waals surface area (Å²) in [6.07, 6.45) is -4.21. The number of hydrogen-bond donors (Lipinski definition) is 0. The third-order valence-electron chi connectivity index (χ3n) is 3.00.